The number of thiazole rings is 1. The molecule has 0 aliphatic heterocycles. The van der Waals surface area contributed by atoms with Crippen molar-refractivity contribution < 1.29 is 14.3 Å². The number of ether oxygens (including phenoxy) is 2. The van der Waals surface area contributed by atoms with E-state index in [1.165, 1.54) is 18.4 Å². The van der Waals surface area contributed by atoms with Gasteiger partial charge in [0, 0.05) is 18.1 Å². The summed E-state index contributed by atoms with van der Waals surface area (Å²) < 4.78 is 10.4. The summed E-state index contributed by atoms with van der Waals surface area (Å²) in [7, 11) is 1.37. The van der Waals surface area contributed by atoms with Crippen LogP contribution in [0.1, 0.15) is 36.9 Å². The molecule has 6 heteroatoms. The molecule has 0 saturated heterocycles. The van der Waals surface area contributed by atoms with Crippen LogP contribution in [0, 0.1) is 5.41 Å². The van der Waals surface area contributed by atoms with Gasteiger partial charge in [-0.3, -0.25) is 0 Å². The molecule has 0 bridgehead atoms. The summed E-state index contributed by atoms with van der Waals surface area (Å²) in [5.74, 6) is -0.342. The van der Waals surface area contributed by atoms with E-state index >= 15 is 0 Å². The highest BCUT2D eigenvalue weighted by Crippen LogP contribution is 2.44. The lowest BCUT2D eigenvalue weighted by molar-refractivity contribution is -0.0975. The zero-order valence-electron chi connectivity index (χ0n) is 11.7. The Bertz CT molecular complexity index is 458. The lowest BCUT2D eigenvalue weighted by Gasteiger charge is -2.51. The maximum atomic E-state index is 11.4. The predicted molar refractivity (Wildman–Crippen MR) is 74.7 cm³/mol. The fourth-order valence-corrected chi connectivity index (χ4v) is 3.09. The number of hydrogen-bond donors (Lipinski definition) is 1. The molecular weight excluding hydrogens is 264 g/mol. The molecule has 106 valence electrons. The van der Waals surface area contributed by atoms with Gasteiger partial charge in [-0.15, -0.1) is 0 Å². The highest BCUT2D eigenvalue weighted by molar-refractivity contribution is 7.17. The van der Waals surface area contributed by atoms with Crippen LogP contribution < -0.4 is 5.32 Å². The van der Waals surface area contributed by atoms with Crippen molar-refractivity contribution in [1.29, 1.82) is 0 Å². The zero-order chi connectivity index (χ0) is 14.0. The average Bonchev–Trinajstić information content (AvgIpc) is 2.85. The van der Waals surface area contributed by atoms with Gasteiger partial charge in [0.15, 0.2) is 5.13 Å². The van der Waals surface area contributed by atoms with Crippen molar-refractivity contribution >= 4 is 22.4 Å². The van der Waals surface area contributed by atoms with Gasteiger partial charge in [-0.25, -0.2) is 9.78 Å². The van der Waals surface area contributed by atoms with E-state index in [4.69, 9.17) is 4.74 Å². The van der Waals surface area contributed by atoms with Gasteiger partial charge in [-0.05, 0) is 13.3 Å². The highest BCUT2D eigenvalue weighted by Gasteiger charge is 2.49. The number of aromatic nitrogens is 1. The number of hydrogen-bond acceptors (Lipinski definition) is 6. The molecule has 1 heterocycles. The summed E-state index contributed by atoms with van der Waals surface area (Å²) in [5, 5.41) is 4.13. The second-order valence-corrected chi connectivity index (χ2v) is 6.25. The van der Waals surface area contributed by atoms with Crippen LogP contribution in [0.2, 0.25) is 0 Å². The van der Waals surface area contributed by atoms with Crippen molar-refractivity contribution in [1.82, 2.24) is 4.98 Å². The minimum atomic E-state index is -0.342. The van der Waals surface area contributed by atoms with Gasteiger partial charge >= 0.3 is 5.97 Å². The Morgan fingerprint density at radius 3 is 2.95 bits per heavy atom. The molecule has 0 spiro atoms. The van der Waals surface area contributed by atoms with Crippen LogP contribution in [0.4, 0.5) is 5.13 Å². The topological polar surface area (TPSA) is 60.5 Å². The van der Waals surface area contributed by atoms with E-state index < -0.39 is 0 Å². The molecule has 2 unspecified atom stereocenters. The van der Waals surface area contributed by atoms with Crippen LogP contribution in [0.3, 0.4) is 0 Å². The normalized spacial score (nSPS) is 24.6. The zero-order valence-corrected chi connectivity index (χ0v) is 12.5. The van der Waals surface area contributed by atoms with E-state index in [0.29, 0.717) is 10.9 Å². The first kappa shape index (κ1) is 14.3. The molecule has 1 aromatic heterocycles. The number of nitrogens with zero attached hydrogens (tertiary/aromatic N) is 1. The number of esters is 1. The fraction of sp³-hybridized carbons (Fsp3) is 0.692. The number of anilines is 1. The summed E-state index contributed by atoms with van der Waals surface area (Å²) in [6.45, 7) is 7.12. The Morgan fingerprint density at radius 2 is 2.37 bits per heavy atom. The fourth-order valence-electron chi connectivity index (χ4n) is 2.30. The van der Waals surface area contributed by atoms with Gasteiger partial charge < -0.3 is 14.8 Å². The number of carbonyl (C=O) groups excluding carboxylic acids is 1. The van der Waals surface area contributed by atoms with Crippen LogP contribution in [-0.2, 0) is 9.47 Å². The summed E-state index contributed by atoms with van der Waals surface area (Å²) in [6.07, 6.45) is 2.80. The smallest absolute Gasteiger partial charge is 0.349 e. The van der Waals surface area contributed by atoms with Crippen molar-refractivity contribution in [2.75, 3.05) is 19.0 Å². The molecule has 1 aliphatic rings. The maximum absolute atomic E-state index is 11.4. The van der Waals surface area contributed by atoms with Crippen LogP contribution in [0.15, 0.2) is 6.20 Å². The van der Waals surface area contributed by atoms with Gasteiger partial charge in [0.1, 0.15) is 4.88 Å². The third-order valence-electron chi connectivity index (χ3n) is 3.74. The van der Waals surface area contributed by atoms with Gasteiger partial charge in [0.05, 0.1) is 19.4 Å². The monoisotopic (exact) mass is 284 g/mol. The van der Waals surface area contributed by atoms with Crippen LogP contribution in [0.5, 0.6) is 0 Å². The van der Waals surface area contributed by atoms with Crippen molar-refractivity contribution in [2.24, 2.45) is 5.41 Å². The number of methoxy groups -OCH3 is 1. The summed E-state index contributed by atoms with van der Waals surface area (Å²) in [4.78, 5) is 16.1. The molecule has 1 N–H and O–H groups in total. The standard InChI is InChI=1S/C13H20N2O3S/c1-5-18-10-6-9(13(10,2)3)15-12-14-7-8(19-12)11(16)17-4/h7,9-10H,5-6H2,1-4H3,(H,14,15). The molecule has 1 saturated carbocycles. The predicted octanol–water partition coefficient (Wildman–Crippen LogP) is 2.55. The summed E-state index contributed by atoms with van der Waals surface area (Å²) >= 11 is 1.32. The van der Waals surface area contributed by atoms with Gasteiger partial charge in [0.25, 0.3) is 0 Å². The van der Waals surface area contributed by atoms with E-state index in [1.54, 1.807) is 6.20 Å². The molecule has 2 rings (SSSR count). The Hall–Kier alpha value is -1.14. The molecule has 0 radical (unpaired) electrons. The van der Waals surface area contributed by atoms with E-state index in [9.17, 15) is 4.79 Å². The average molecular weight is 284 g/mol. The van der Waals surface area contributed by atoms with Crippen LogP contribution in [0.25, 0.3) is 0 Å². The first-order valence-corrected chi connectivity index (χ1v) is 7.23. The van der Waals surface area contributed by atoms with Crippen LogP contribution >= 0.6 is 11.3 Å². The maximum Gasteiger partial charge on any atom is 0.349 e. The van der Waals surface area contributed by atoms with Gasteiger partial charge in [0.2, 0.25) is 0 Å². The first-order valence-electron chi connectivity index (χ1n) is 6.41. The van der Waals surface area contributed by atoms with Gasteiger partial charge in [-0.2, -0.15) is 0 Å². The molecule has 1 fully saturated rings. The van der Waals surface area contributed by atoms with Crippen LogP contribution in [-0.4, -0.2) is 36.8 Å². The van der Waals surface area contributed by atoms with E-state index in [1.807, 2.05) is 6.92 Å². The molecule has 0 aromatic carbocycles. The molecule has 2 atom stereocenters. The van der Waals surface area contributed by atoms with Crippen molar-refractivity contribution in [3.63, 3.8) is 0 Å². The number of carbonyl (C=O) groups is 1. The first-order chi connectivity index (χ1) is 8.98. The SMILES string of the molecule is CCOC1CC(Nc2ncc(C(=O)OC)s2)C1(C)C. The largest absolute Gasteiger partial charge is 0.465 e. The third kappa shape index (κ3) is 2.74. The van der Waals surface area contributed by atoms with Crippen molar-refractivity contribution in [3.05, 3.63) is 11.1 Å². The molecular formula is C13H20N2O3S. The third-order valence-corrected chi connectivity index (χ3v) is 4.64. The number of nitrogens with one attached hydrogen (secondary N) is 1. The molecule has 5 nitrogen and oxygen atoms in total. The van der Waals surface area contributed by atoms with E-state index in [0.717, 1.165) is 18.2 Å². The quantitative estimate of drug-likeness (QED) is 0.842. The molecule has 19 heavy (non-hydrogen) atoms. The molecule has 1 aromatic rings. The molecule has 1 aliphatic carbocycles. The molecule has 0 amide bonds. The van der Waals surface area contributed by atoms with Crippen molar-refractivity contribution in [3.8, 4) is 0 Å². The lowest BCUT2D eigenvalue weighted by atomic mass is 9.64. The number of rotatable bonds is 5. The lowest BCUT2D eigenvalue weighted by Crippen LogP contribution is -2.58. The second-order valence-electron chi connectivity index (χ2n) is 5.22. The second kappa shape index (κ2) is 5.46. The Morgan fingerprint density at radius 1 is 1.63 bits per heavy atom. The van der Waals surface area contributed by atoms with E-state index in [-0.39, 0.29) is 17.5 Å². The van der Waals surface area contributed by atoms with E-state index in [2.05, 4.69) is 28.9 Å². The highest BCUT2D eigenvalue weighted by atomic mass is 32.1. The summed E-state index contributed by atoms with van der Waals surface area (Å²) in [6, 6.07) is 0.320. The Labute approximate surface area is 117 Å². The summed E-state index contributed by atoms with van der Waals surface area (Å²) in [5.41, 5.74) is 0.0765. The Kier molecular flexibility index (Phi) is 4.10. The minimum absolute atomic E-state index is 0.0765. The van der Waals surface area contributed by atoms with Gasteiger partial charge in [-0.1, -0.05) is 25.2 Å². The Balaban J connectivity index is 1.96. The minimum Gasteiger partial charge on any atom is -0.465 e. The van der Waals surface area contributed by atoms with Crippen molar-refractivity contribution in [2.45, 2.75) is 39.3 Å².